The first-order chi connectivity index (χ1) is 13.8. The number of benzene rings is 1. The third-order valence-electron chi connectivity index (χ3n) is 4.61. The Bertz CT molecular complexity index is 1200. The van der Waals surface area contributed by atoms with Crippen molar-refractivity contribution >= 4 is 35.0 Å². The highest BCUT2D eigenvalue weighted by Crippen LogP contribution is 2.24. The number of carbonyl (C=O) groups is 4. The number of hydrogen-bond acceptors (Lipinski definition) is 6. The lowest BCUT2D eigenvalue weighted by molar-refractivity contribution is -0.119. The molecule has 9 heteroatoms. The Kier molecular flexibility index (Phi) is 4.34. The summed E-state index contributed by atoms with van der Waals surface area (Å²) in [7, 11) is 1.39. The number of aromatic nitrogens is 2. The first kappa shape index (κ1) is 18.4. The van der Waals surface area contributed by atoms with E-state index in [-0.39, 0.29) is 22.7 Å². The largest absolute Gasteiger partial charge is 0.451 e. The zero-order valence-electron chi connectivity index (χ0n) is 15.6. The van der Waals surface area contributed by atoms with Crippen LogP contribution in [0, 0.1) is 6.92 Å². The summed E-state index contributed by atoms with van der Waals surface area (Å²) in [6.07, 6.45) is 1.55. The summed E-state index contributed by atoms with van der Waals surface area (Å²) in [6, 6.07) is 9.86. The lowest BCUT2D eigenvalue weighted by atomic mass is 10.1. The van der Waals surface area contributed by atoms with E-state index in [0.29, 0.717) is 11.3 Å². The van der Waals surface area contributed by atoms with Gasteiger partial charge in [0.05, 0.1) is 11.1 Å². The van der Waals surface area contributed by atoms with Crippen molar-refractivity contribution in [1.29, 1.82) is 0 Å². The molecule has 146 valence electrons. The van der Waals surface area contributed by atoms with E-state index in [4.69, 9.17) is 4.74 Å². The van der Waals surface area contributed by atoms with Gasteiger partial charge in [-0.25, -0.2) is 9.78 Å². The van der Waals surface area contributed by atoms with Gasteiger partial charge in [-0.1, -0.05) is 6.07 Å². The number of esters is 1. The van der Waals surface area contributed by atoms with Gasteiger partial charge in [-0.2, -0.15) is 0 Å². The second kappa shape index (κ2) is 6.86. The Balaban J connectivity index is 1.40. The molecule has 0 atom stereocenters. The normalized spacial score (nSPS) is 13.0. The van der Waals surface area contributed by atoms with Crippen LogP contribution in [-0.4, -0.2) is 51.6 Å². The minimum Gasteiger partial charge on any atom is -0.451 e. The lowest BCUT2D eigenvalue weighted by Crippen LogP contribution is -2.24. The van der Waals surface area contributed by atoms with Crippen LogP contribution in [0.4, 0.5) is 5.69 Å². The molecule has 4 rings (SSSR count). The second-order valence-electron chi connectivity index (χ2n) is 6.58. The van der Waals surface area contributed by atoms with Crippen LogP contribution in [-0.2, 0) is 9.53 Å². The van der Waals surface area contributed by atoms with Crippen LogP contribution in [0.3, 0.4) is 0 Å². The Hall–Kier alpha value is -4.01. The Morgan fingerprint density at radius 1 is 1.10 bits per heavy atom. The second-order valence-corrected chi connectivity index (χ2v) is 6.58. The molecule has 0 fully saturated rings. The summed E-state index contributed by atoms with van der Waals surface area (Å²) in [5.74, 6) is -2.13. The number of nitrogens with one attached hydrogen (secondary N) is 1. The topological polar surface area (TPSA) is 110 Å². The molecule has 1 aliphatic heterocycles. The molecule has 0 saturated heterocycles. The predicted octanol–water partition coefficient (Wildman–Crippen LogP) is 1.66. The molecule has 0 radical (unpaired) electrons. The zero-order chi connectivity index (χ0) is 20.7. The molecule has 9 nitrogen and oxygen atoms in total. The van der Waals surface area contributed by atoms with E-state index in [1.807, 2.05) is 19.1 Å². The summed E-state index contributed by atoms with van der Waals surface area (Å²) in [6.45, 7) is 1.36. The van der Waals surface area contributed by atoms with Gasteiger partial charge in [0.25, 0.3) is 17.7 Å². The minimum atomic E-state index is -0.723. The van der Waals surface area contributed by atoms with Gasteiger partial charge in [0.2, 0.25) is 0 Å². The molecule has 0 aliphatic carbocycles. The van der Waals surface area contributed by atoms with Gasteiger partial charge in [0, 0.05) is 24.6 Å². The van der Waals surface area contributed by atoms with E-state index in [1.165, 1.54) is 25.2 Å². The molecule has 0 saturated carbocycles. The first-order valence-electron chi connectivity index (χ1n) is 8.73. The molecule has 0 spiro atoms. The monoisotopic (exact) mass is 392 g/mol. The maximum atomic E-state index is 12.2. The fourth-order valence-corrected chi connectivity index (χ4v) is 3.09. The maximum Gasteiger partial charge on any atom is 0.359 e. The number of anilines is 1. The fraction of sp³-hybridized carbons (Fsp3) is 0.150. The van der Waals surface area contributed by atoms with E-state index in [2.05, 4.69) is 10.3 Å². The molecular weight excluding hydrogens is 376 g/mol. The zero-order valence-corrected chi connectivity index (χ0v) is 15.6. The smallest absolute Gasteiger partial charge is 0.359 e. The number of fused-ring (bicyclic) bond motifs is 2. The number of ether oxygens (including phenoxy) is 1. The number of imidazole rings is 1. The van der Waals surface area contributed by atoms with E-state index >= 15 is 0 Å². The van der Waals surface area contributed by atoms with Crippen LogP contribution >= 0.6 is 0 Å². The Morgan fingerprint density at radius 3 is 2.62 bits per heavy atom. The predicted molar refractivity (Wildman–Crippen MR) is 102 cm³/mol. The number of imide groups is 1. The number of nitrogens with zero attached hydrogens (tertiary/aromatic N) is 3. The highest BCUT2D eigenvalue weighted by molar-refractivity contribution is 6.21. The summed E-state index contributed by atoms with van der Waals surface area (Å²) in [5, 5.41) is 2.54. The molecule has 3 amide bonds. The van der Waals surface area contributed by atoms with Crippen LogP contribution in [0.5, 0.6) is 0 Å². The lowest BCUT2D eigenvalue weighted by Gasteiger charge is -2.06. The molecule has 2 aromatic heterocycles. The number of carbonyl (C=O) groups excluding carboxylic acids is 4. The molecule has 3 heterocycles. The molecule has 29 heavy (non-hydrogen) atoms. The molecule has 3 aromatic rings. The van der Waals surface area contributed by atoms with Gasteiger partial charge in [-0.3, -0.25) is 19.3 Å². The third-order valence-corrected chi connectivity index (χ3v) is 4.61. The van der Waals surface area contributed by atoms with Crippen molar-refractivity contribution in [3.8, 4) is 0 Å². The highest BCUT2D eigenvalue weighted by Gasteiger charge is 2.32. The van der Waals surface area contributed by atoms with Crippen molar-refractivity contribution < 1.29 is 23.9 Å². The van der Waals surface area contributed by atoms with Crippen molar-refractivity contribution in [1.82, 2.24) is 14.3 Å². The summed E-state index contributed by atoms with van der Waals surface area (Å²) in [5.41, 5.74) is 2.42. The van der Waals surface area contributed by atoms with E-state index in [9.17, 15) is 19.2 Å². The fourth-order valence-electron chi connectivity index (χ4n) is 3.09. The van der Waals surface area contributed by atoms with Gasteiger partial charge in [0.1, 0.15) is 5.65 Å². The molecule has 1 N–H and O–H groups in total. The van der Waals surface area contributed by atoms with Crippen molar-refractivity contribution in [3.63, 3.8) is 0 Å². The van der Waals surface area contributed by atoms with Gasteiger partial charge in [0.15, 0.2) is 12.3 Å². The van der Waals surface area contributed by atoms with E-state index in [1.54, 1.807) is 16.7 Å². The Morgan fingerprint density at radius 2 is 1.86 bits per heavy atom. The summed E-state index contributed by atoms with van der Waals surface area (Å²) < 4.78 is 6.77. The van der Waals surface area contributed by atoms with Crippen molar-refractivity contribution in [3.05, 3.63) is 65.1 Å². The Labute approximate surface area is 164 Å². The molecule has 1 aromatic carbocycles. The van der Waals surface area contributed by atoms with Crippen molar-refractivity contribution in [2.24, 2.45) is 0 Å². The van der Waals surface area contributed by atoms with Crippen LogP contribution in [0.2, 0.25) is 0 Å². The van der Waals surface area contributed by atoms with E-state index in [0.717, 1.165) is 10.6 Å². The molecular formula is C20H16N4O5. The van der Waals surface area contributed by atoms with Gasteiger partial charge in [-0.15, -0.1) is 0 Å². The number of aryl methyl sites for hydroxylation is 1. The minimum absolute atomic E-state index is 0.0942. The molecule has 0 bridgehead atoms. The van der Waals surface area contributed by atoms with Gasteiger partial charge < -0.3 is 14.5 Å². The summed E-state index contributed by atoms with van der Waals surface area (Å²) in [4.78, 5) is 53.4. The highest BCUT2D eigenvalue weighted by atomic mass is 16.5. The number of pyridine rings is 1. The average Bonchev–Trinajstić information content (AvgIpc) is 3.23. The van der Waals surface area contributed by atoms with E-state index < -0.39 is 24.4 Å². The van der Waals surface area contributed by atoms with Crippen LogP contribution in [0.1, 0.15) is 36.9 Å². The van der Waals surface area contributed by atoms with Gasteiger partial charge >= 0.3 is 5.97 Å². The van der Waals surface area contributed by atoms with Crippen LogP contribution in [0.25, 0.3) is 5.65 Å². The maximum absolute atomic E-state index is 12.2. The standard InChI is InChI=1S/C20H16N4O5/c1-11-4-3-5-16-22-15(9-24(11)16)20(28)29-10-17(25)21-12-6-7-13-14(8-12)19(27)23(2)18(13)26/h3-9H,10H2,1-2H3,(H,21,25). The number of amides is 3. The quantitative estimate of drug-likeness (QED) is 0.534. The average molecular weight is 392 g/mol. The van der Waals surface area contributed by atoms with Crippen LogP contribution in [0.15, 0.2) is 42.6 Å². The van der Waals surface area contributed by atoms with Crippen LogP contribution < -0.4 is 5.32 Å². The first-order valence-corrected chi connectivity index (χ1v) is 8.73. The van der Waals surface area contributed by atoms with Crippen molar-refractivity contribution in [2.45, 2.75) is 6.92 Å². The van der Waals surface area contributed by atoms with Gasteiger partial charge in [-0.05, 0) is 37.3 Å². The molecule has 1 aliphatic rings. The summed E-state index contributed by atoms with van der Waals surface area (Å²) >= 11 is 0. The number of hydrogen-bond donors (Lipinski definition) is 1. The number of rotatable bonds is 4. The molecule has 0 unspecified atom stereocenters. The van der Waals surface area contributed by atoms with Crippen molar-refractivity contribution in [2.75, 3.05) is 19.0 Å². The third kappa shape index (κ3) is 3.22. The SMILES string of the molecule is Cc1cccc2nc(C(=O)OCC(=O)Nc3ccc4c(c3)C(=O)N(C)C4=O)cn12.